The van der Waals surface area contributed by atoms with Crippen LogP contribution in [-0.4, -0.2) is 22.6 Å². The predicted octanol–water partition coefficient (Wildman–Crippen LogP) is 1.69. The van der Waals surface area contributed by atoms with Gasteiger partial charge in [-0.05, 0) is 13.0 Å². The van der Waals surface area contributed by atoms with Crippen LogP contribution in [0.1, 0.15) is 17.3 Å². The van der Waals surface area contributed by atoms with E-state index in [0.29, 0.717) is 12.4 Å². The van der Waals surface area contributed by atoms with Gasteiger partial charge < -0.3 is 9.84 Å². The van der Waals surface area contributed by atoms with Gasteiger partial charge in [0.15, 0.2) is 0 Å². The third-order valence-corrected chi connectivity index (χ3v) is 1.71. The molecule has 0 saturated carbocycles. The third kappa shape index (κ3) is 2.43. The molecule has 0 amide bonds. The van der Waals surface area contributed by atoms with Gasteiger partial charge in [0.2, 0.25) is 0 Å². The number of hydrogen-bond donors (Lipinski definition) is 1. The maximum Gasteiger partial charge on any atom is 0.342 e. The van der Waals surface area contributed by atoms with Crippen LogP contribution in [-0.2, 0) is 0 Å². The molecule has 0 unspecified atom stereocenters. The zero-order valence-corrected chi connectivity index (χ0v) is 7.97. The fraction of sp³-hybridized carbons (Fsp3) is 0.222. The molecule has 0 bridgehead atoms. The lowest BCUT2D eigenvalue weighted by Crippen LogP contribution is -2.03. The first-order valence-electron chi connectivity index (χ1n) is 4.20. The van der Waals surface area contributed by atoms with Gasteiger partial charge in [-0.2, -0.15) is 0 Å². The molecule has 0 aromatic heterocycles. The van der Waals surface area contributed by atoms with E-state index in [-0.39, 0.29) is 5.56 Å². The number of aromatic carboxylic acids is 1. The molecule has 1 rings (SSSR count). The second-order valence-corrected chi connectivity index (χ2v) is 2.67. The first kappa shape index (κ1) is 11.0. The number of carboxylic acids is 1. The number of carbonyl (C=O) groups is 1. The summed E-state index contributed by atoms with van der Waals surface area (Å²) in [7, 11) is 0. The molecule has 0 aliphatic carbocycles. The van der Waals surface area contributed by atoms with Crippen LogP contribution < -0.4 is 4.74 Å². The fourth-order valence-electron chi connectivity index (χ4n) is 1.10. The van der Waals surface area contributed by atoms with E-state index in [9.17, 15) is 14.9 Å². The van der Waals surface area contributed by atoms with Crippen molar-refractivity contribution >= 4 is 11.7 Å². The second kappa shape index (κ2) is 4.41. The molecule has 0 aliphatic rings. The van der Waals surface area contributed by atoms with Crippen LogP contribution in [0.3, 0.4) is 0 Å². The summed E-state index contributed by atoms with van der Waals surface area (Å²) in [4.78, 5) is 20.5. The Labute approximate surface area is 85.2 Å². The number of nitro groups is 1. The molecule has 1 aromatic carbocycles. The molecule has 0 fully saturated rings. The zero-order chi connectivity index (χ0) is 11.4. The number of carboxylic acid groups (broad SMARTS) is 1. The molecule has 1 N–H and O–H groups in total. The van der Waals surface area contributed by atoms with Gasteiger partial charge in [-0.25, -0.2) is 4.79 Å². The van der Waals surface area contributed by atoms with Gasteiger partial charge in [0, 0.05) is 12.1 Å². The summed E-state index contributed by atoms with van der Waals surface area (Å²) in [5.74, 6) is -1.04. The number of ether oxygens (including phenoxy) is 1. The van der Waals surface area contributed by atoms with E-state index in [0.717, 1.165) is 12.1 Å². The number of hydrogen-bond acceptors (Lipinski definition) is 4. The van der Waals surface area contributed by atoms with Crippen molar-refractivity contribution in [1.82, 2.24) is 0 Å². The molecule has 0 atom stereocenters. The van der Waals surface area contributed by atoms with E-state index >= 15 is 0 Å². The van der Waals surface area contributed by atoms with E-state index in [1.807, 2.05) is 0 Å². The van der Waals surface area contributed by atoms with Crippen molar-refractivity contribution in [2.24, 2.45) is 0 Å². The highest BCUT2D eigenvalue weighted by atomic mass is 16.6. The summed E-state index contributed by atoms with van der Waals surface area (Å²) in [6.45, 7) is 2.11. The molecule has 6 heteroatoms. The lowest BCUT2D eigenvalue weighted by molar-refractivity contribution is -0.385. The molecule has 80 valence electrons. The molecule has 0 spiro atoms. The maximum absolute atomic E-state index is 10.7. The normalized spacial score (nSPS) is 9.67. The van der Waals surface area contributed by atoms with Gasteiger partial charge in [-0.15, -0.1) is 0 Å². The third-order valence-electron chi connectivity index (χ3n) is 1.71. The van der Waals surface area contributed by atoms with Crippen LogP contribution in [0.15, 0.2) is 18.2 Å². The van der Waals surface area contributed by atoms with E-state index in [4.69, 9.17) is 9.84 Å². The Morgan fingerprint density at radius 2 is 2.27 bits per heavy atom. The Bertz CT molecular complexity index is 401. The summed E-state index contributed by atoms with van der Waals surface area (Å²) >= 11 is 0. The van der Waals surface area contributed by atoms with Gasteiger partial charge in [-0.1, -0.05) is 0 Å². The SMILES string of the molecule is CCOc1ccc([N+](=O)[O-])c(C(=O)O)c1. The number of rotatable bonds is 4. The average molecular weight is 211 g/mol. The fourth-order valence-corrected chi connectivity index (χ4v) is 1.10. The summed E-state index contributed by atoms with van der Waals surface area (Å²) in [6, 6.07) is 3.63. The van der Waals surface area contributed by atoms with Gasteiger partial charge in [0.25, 0.3) is 5.69 Å². The van der Waals surface area contributed by atoms with Crippen LogP contribution in [0.5, 0.6) is 5.75 Å². The van der Waals surface area contributed by atoms with E-state index < -0.39 is 16.6 Å². The summed E-state index contributed by atoms with van der Waals surface area (Å²) in [6.07, 6.45) is 0. The molecule has 15 heavy (non-hydrogen) atoms. The highest BCUT2D eigenvalue weighted by Crippen LogP contribution is 2.23. The van der Waals surface area contributed by atoms with E-state index in [1.54, 1.807) is 6.92 Å². The van der Waals surface area contributed by atoms with Crippen molar-refractivity contribution < 1.29 is 19.6 Å². The Morgan fingerprint density at radius 1 is 1.60 bits per heavy atom. The van der Waals surface area contributed by atoms with Crippen LogP contribution in [0.25, 0.3) is 0 Å². The van der Waals surface area contributed by atoms with E-state index in [1.165, 1.54) is 6.07 Å². The molecule has 6 nitrogen and oxygen atoms in total. The Morgan fingerprint density at radius 3 is 2.73 bits per heavy atom. The second-order valence-electron chi connectivity index (χ2n) is 2.67. The Hall–Kier alpha value is -2.11. The van der Waals surface area contributed by atoms with Crippen LogP contribution >= 0.6 is 0 Å². The highest BCUT2D eigenvalue weighted by molar-refractivity contribution is 5.92. The molecular weight excluding hydrogens is 202 g/mol. The minimum atomic E-state index is -1.34. The average Bonchev–Trinajstić information content (AvgIpc) is 2.17. The number of nitrogens with zero attached hydrogens (tertiary/aromatic N) is 1. The number of nitro benzene ring substituents is 1. The van der Waals surface area contributed by atoms with Crippen LogP contribution in [0.4, 0.5) is 5.69 Å². The van der Waals surface area contributed by atoms with Crippen molar-refractivity contribution in [3.05, 3.63) is 33.9 Å². The van der Waals surface area contributed by atoms with Gasteiger partial charge in [0.1, 0.15) is 11.3 Å². The largest absolute Gasteiger partial charge is 0.494 e. The lowest BCUT2D eigenvalue weighted by Gasteiger charge is -2.03. The Kier molecular flexibility index (Phi) is 3.22. The van der Waals surface area contributed by atoms with Crippen molar-refractivity contribution in [3.63, 3.8) is 0 Å². The first-order chi connectivity index (χ1) is 7.06. The Balaban J connectivity index is 3.21. The lowest BCUT2D eigenvalue weighted by atomic mass is 10.2. The topological polar surface area (TPSA) is 89.7 Å². The summed E-state index contributed by atoms with van der Waals surface area (Å²) in [5.41, 5.74) is -0.808. The van der Waals surface area contributed by atoms with Gasteiger partial charge in [0.05, 0.1) is 11.5 Å². The smallest absolute Gasteiger partial charge is 0.342 e. The minimum absolute atomic E-state index is 0.306. The predicted molar refractivity (Wildman–Crippen MR) is 51.2 cm³/mol. The summed E-state index contributed by atoms with van der Waals surface area (Å²) < 4.78 is 5.05. The molecule has 0 heterocycles. The standard InChI is InChI=1S/C9H9NO5/c1-2-15-6-3-4-8(10(13)14)7(5-6)9(11)12/h3-5H,2H2,1H3,(H,11,12). The first-order valence-corrected chi connectivity index (χ1v) is 4.20. The maximum atomic E-state index is 10.7. The van der Waals surface area contributed by atoms with Crippen LogP contribution in [0, 0.1) is 10.1 Å². The molecule has 1 aromatic rings. The van der Waals surface area contributed by atoms with Gasteiger partial charge in [-0.3, -0.25) is 10.1 Å². The summed E-state index contributed by atoms with van der Waals surface area (Å²) in [5, 5.41) is 19.2. The van der Waals surface area contributed by atoms with Crippen molar-refractivity contribution in [2.45, 2.75) is 6.92 Å². The molecular formula is C9H9NO5. The molecule has 0 radical (unpaired) electrons. The van der Waals surface area contributed by atoms with Crippen molar-refractivity contribution in [2.75, 3.05) is 6.61 Å². The van der Waals surface area contributed by atoms with Crippen molar-refractivity contribution in [3.8, 4) is 5.75 Å². The zero-order valence-electron chi connectivity index (χ0n) is 7.97. The molecule has 0 saturated heterocycles. The van der Waals surface area contributed by atoms with Crippen LogP contribution in [0.2, 0.25) is 0 Å². The molecule has 0 aliphatic heterocycles. The number of benzene rings is 1. The van der Waals surface area contributed by atoms with Crippen molar-refractivity contribution in [1.29, 1.82) is 0 Å². The van der Waals surface area contributed by atoms with Gasteiger partial charge >= 0.3 is 5.97 Å². The van der Waals surface area contributed by atoms with E-state index in [2.05, 4.69) is 0 Å². The quantitative estimate of drug-likeness (QED) is 0.604. The minimum Gasteiger partial charge on any atom is -0.494 e. The highest BCUT2D eigenvalue weighted by Gasteiger charge is 2.20. The monoisotopic (exact) mass is 211 g/mol.